The average Bonchev–Trinajstić information content (AvgIpc) is 2.68. The van der Waals surface area contributed by atoms with Crippen molar-refractivity contribution in [3.63, 3.8) is 0 Å². The number of halogens is 2. The smallest absolute Gasteiger partial charge is 0.354 e. The monoisotopic (exact) mass is 592 g/mol. The van der Waals surface area contributed by atoms with Gasteiger partial charge in [-0.05, 0) is 23.9 Å². The van der Waals surface area contributed by atoms with Gasteiger partial charge in [-0.25, -0.2) is 9.78 Å². The van der Waals surface area contributed by atoms with Crippen molar-refractivity contribution in [2.75, 3.05) is 38.0 Å². The number of carbonyl (C=O) groups is 1. The number of rotatable bonds is 4. The van der Waals surface area contributed by atoms with Crippen LogP contribution in [0.1, 0.15) is 10.5 Å². The van der Waals surface area contributed by atoms with Gasteiger partial charge < -0.3 is 19.9 Å². The van der Waals surface area contributed by atoms with Crippen molar-refractivity contribution in [1.29, 1.82) is 0 Å². The number of anilines is 2. The molecule has 1 radical (unpaired) electrons. The van der Waals surface area contributed by atoms with Gasteiger partial charge >= 0.3 is 5.97 Å². The predicted molar refractivity (Wildman–Crippen MR) is 108 cm³/mol. The van der Waals surface area contributed by atoms with Crippen molar-refractivity contribution in [3.05, 3.63) is 72.2 Å². The average molecular weight is 592 g/mol. The second-order valence-corrected chi connectivity index (χ2v) is 6.43. The maximum atomic E-state index is 13.5. The third-order valence-corrected chi connectivity index (χ3v) is 3.85. The molecule has 0 bridgehead atoms. The van der Waals surface area contributed by atoms with Crippen molar-refractivity contribution < 1.29 is 38.8 Å². The summed E-state index contributed by atoms with van der Waals surface area (Å²) in [6.45, 7) is 0. The summed E-state index contributed by atoms with van der Waals surface area (Å²) in [6.07, 6.45) is 3.07. The molecule has 0 fully saturated rings. The van der Waals surface area contributed by atoms with Gasteiger partial charge in [0.25, 0.3) is 0 Å². The number of hydrogen-bond acceptors (Lipinski definition) is 5. The molecule has 0 aliphatic heterocycles. The van der Waals surface area contributed by atoms with Crippen LogP contribution in [-0.2, 0) is 20.1 Å². The van der Waals surface area contributed by atoms with E-state index in [2.05, 4.69) is 16.0 Å². The quantitative estimate of drug-likeness (QED) is 0.467. The molecule has 0 saturated carbocycles. The summed E-state index contributed by atoms with van der Waals surface area (Å²) in [5.41, 5.74) is 2.42. The van der Waals surface area contributed by atoms with Crippen molar-refractivity contribution in [2.24, 2.45) is 0 Å². The third-order valence-electron chi connectivity index (χ3n) is 3.85. The standard InChI is InChI=1S/C13H11F2N2.C8H10N2O2.Ir/c1-17(2)10-5-6-16-13(8-10)11-4-3-9(14)7-12(11)15;1-10(2)6-3-4-9-7(5-6)8(11)12;/h3,5-8H,1-2H3;3-5H,1-2H3,(H,11,12);/q-1;;. The Morgan fingerprint density at radius 3 is 2.07 bits per heavy atom. The summed E-state index contributed by atoms with van der Waals surface area (Å²) in [7, 11) is 7.45. The second kappa shape index (κ2) is 11.3. The minimum Gasteiger partial charge on any atom is -0.477 e. The van der Waals surface area contributed by atoms with Crippen LogP contribution in [0.4, 0.5) is 20.2 Å². The fourth-order valence-electron chi connectivity index (χ4n) is 2.29. The van der Waals surface area contributed by atoms with Gasteiger partial charge in [-0.15, -0.1) is 12.1 Å². The molecule has 0 unspecified atom stereocenters. The first kappa shape index (κ1) is 25.1. The molecule has 3 aromatic rings. The molecule has 161 valence electrons. The van der Waals surface area contributed by atoms with Crippen LogP contribution in [0.3, 0.4) is 0 Å². The largest absolute Gasteiger partial charge is 0.477 e. The van der Waals surface area contributed by atoms with Crippen LogP contribution >= 0.6 is 0 Å². The minimum absolute atomic E-state index is 0. The Balaban J connectivity index is 0.000000308. The van der Waals surface area contributed by atoms with Crippen LogP contribution in [-0.4, -0.2) is 49.2 Å². The summed E-state index contributed by atoms with van der Waals surface area (Å²) < 4.78 is 26.3. The van der Waals surface area contributed by atoms with E-state index in [1.807, 2.05) is 44.1 Å². The van der Waals surface area contributed by atoms with Gasteiger partial charge in [-0.3, -0.25) is 8.78 Å². The van der Waals surface area contributed by atoms with E-state index < -0.39 is 17.6 Å². The van der Waals surface area contributed by atoms with Crippen molar-refractivity contribution in [1.82, 2.24) is 9.97 Å². The molecule has 0 spiro atoms. The Bertz CT molecular complexity index is 1000. The van der Waals surface area contributed by atoms with E-state index in [0.717, 1.165) is 23.5 Å². The number of aromatic nitrogens is 2. The SMILES string of the molecule is CN(C)c1ccnc(-c2[c-]cc(F)cc2F)c1.CN(C)c1ccnc(C(=O)O)c1.[Ir]. The van der Waals surface area contributed by atoms with Gasteiger partial charge in [0, 0.05) is 83.7 Å². The molecule has 2 heterocycles. The summed E-state index contributed by atoms with van der Waals surface area (Å²) in [4.78, 5) is 22.0. The van der Waals surface area contributed by atoms with Crippen LogP contribution in [0.5, 0.6) is 0 Å². The van der Waals surface area contributed by atoms with Crippen LogP contribution in [0, 0.1) is 17.7 Å². The fraction of sp³-hybridized carbons (Fsp3) is 0.190. The molecule has 30 heavy (non-hydrogen) atoms. The molecule has 0 amide bonds. The molecule has 0 saturated heterocycles. The Hall–Kier alpha value is -2.90. The molecular formula is C21H21F2IrN4O2-. The first-order valence-corrected chi connectivity index (χ1v) is 8.56. The van der Waals surface area contributed by atoms with Crippen LogP contribution in [0.15, 0.2) is 48.8 Å². The maximum Gasteiger partial charge on any atom is 0.354 e. The maximum absolute atomic E-state index is 13.5. The zero-order valence-corrected chi connectivity index (χ0v) is 19.2. The van der Waals surface area contributed by atoms with Gasteiger partial charge in [0.15, 0.2) is 0 Å². The zero-order chi connectivity index (χ0) is 21.6. The number of carboxylic acids is 1. The molecule has 9 heteroatoms. The molecule has 0 atom stereocenters. The first-order valence-electron chi connectivity index (χ1n) is 8.56. The fourth-order valence-corrected chi connectivity index (χ4v) is 2.29. The van der Waals surface area contributed by atoms with Gasteiger partial charge in [-0.1, -0.05) is 17.7 Å². The second-order valence-electron chi connectivity index (χ2n) is 6.43. The summed E-state index contributed by atoms with van der Waals surface area (Å²) in [5, 5.41) is 8.61. The number of hydrogen-bond donors (Lipinski definition) is 1. The molecule has 0 aliphatic rings. The van der Waals surface area contributed by atoms with E-state index in [4.69, 9.17) is 5.11 Å². The third kappa shape index (κ3) is 6.86. The summed E-state index contributed by atoms with van der Waals surface area (Å²) >= 11 is 0. The first-order chi connectivity index (χ1) is 13.7. The van der Waals surface area contributed by atoms with Gasteiger partial charge in [0.05, 0.1) is 0 Å². The van der Waals surface area contributed by atoms with Crippen LogP contribution in [0.25, 0.3) is 11.3 Å². The summed E-state index contributed by atoms with van der Waals surface area (Å²) in [5.74, 6) is -2.30. The number of nitrogens with zero attached hydrogens (tertiary/aromatic N) is 4. The van der Waals surface area contributed by atoms with E-state index in [9.17, 15) is 13.6 Å². The molecule has 3 rings (SSSR count). The number of pyridine rings is 2. The molecule has 1 aromatic carbocycles. The summed E-state index contributed by atoms with van der Waals surface area (Å²) in [6, 6.07) is 11.3. The Morgan fingerprint density at radius 2 is 1.53 bits per heavy atom. The Kier molecular flexibility index (Phi) is 9.49. The van der Waals surface area contributed by atoms with Crippen LogP contribution < -0.4 is 9.80 Å². The number of benzene rings is 1. The molecular weight excluding hydrogens is 570 g/mol. The van der Waals surface area contributed by atoms with E-state index in [1.54, 1.807) is 18.3 Å². The molecule has 6 nitrogen and oxygen atoms in total. The van der Waals surface area contributed by atoms with Gasteiger partial charge in [0.1, 0.15) is 5.69 Å². The Morgan fingerprint density at radius 1 is 0.967 bits per heavy atom. The molecule has 1 N–H and O–H groups in total. The van der Waals surface area contributed by atoms with Crippen molar-refractivity contribution in [2.45, 2.75) is 0 Å². The predicted octanol–water partition coefficient (Wildman–Crippen LogP) is 3.74. The molecule has 2 aromatic heterocycles. The number of aromatic carboxylic acids is 1. The zero-order valence-electron chi connectivity index (χ0n) is 16.9. The van der Waals surface area contributed by atoms with E-state index in [0.29, 0.717) is 5.69 Å². The van der Waals surface area contributed by atoms with Gasteiger partial charge in [-0.2, -0.15) is 0 Å². The van der Waals surface area contributed by atoms with E-state index in [-0.39, 0.29) is 31.4 Å². The topological polar surface area (TPSA) is 69.6 Å². The number of carboxylic acid groups (broad SMARTS) is 1. The van der Waals surface area contributed by atoms with E-state index >= 15 is 0 Å². The minimum atomic E-state index is -1.00. The van der Waals surface area contributed by atoms with E-state index in [1.165, 1.54) is 12.3 Å². The molecule has 0 aliphatic carbocycles. The Labute approximate surface area is 187 Å². The van der Waals surface area contributed by atoms with Crippen molar-refractivity contribution in [3.8, 4) is 11.3 Å². The normalized spacial score (nSPS) is 9.67. The van der Waals surface area contributed by atoms with Gasteiger partial charge in [0.2, 0.25) is 0 Å². The van der Waals surface area contributed by atoms with Crippen LogP contribution in [0.2, 0.25) is 0 Å². The van der Waals surface area contributed by atoms with Crippen molar-refractivity contribution >= 4 is 17.3 Å².